The lowest BCUT2D eigenvalue weighted by Crippen LogP contribution is -2.43. The molecule has 0 saturated heterocycles. The first-order chi connectivity index (χ1) is 7.57. The normalized spacial score (nSPS) is 23.2. The van der Waals surface area contributed by atoms with E-state index in [2.05, 4.69) is 50.4 Å². The molecule has 2 rings (SSSR count). The Kier molecular flexibility index (Phi) is 2.73. The highest BCUT2D eigenvalue weighted by atomic mass is 15.0. The molecule has 0 aromatic heterocycles. The number of nitriles is 1. The van der Waals surface area contributed by atoms with Gasteiger partial charge in [0.1, 0.15) is 5.54 Å². The van der Waals surface area contributed by atoms with Gasteiger partial charge in [-0.05, 0) is 44.7 Å². The van der Waals surface area contributed by atoms with E-state index in [1.165, 1.54) is 16.7 Å². The lowest BCUT2D eigenvalue weighted by molar-refractivity contribution is 0.385. The van der Waals surface area contributed by atoms with E-state index in [1.54, 1.807) is 0 Å². The fourth-order valence-corrected chi connectivity index (χ4v) is 2.55. The summed E-state index contributed by atoms with van der Waals surface area (Å²) in [7, 11) is 0. The average molecular weight is 214 g/mol. The number of rotatable bonds is 2. The first-order valence-electron chi connectivity index (χ1n) is 5.86. The van der Waals surface area contributed by atoms with E-state index in [1.807, 2.05) is 0 Å². The molecule has 1 aliphatic carbocycles. The maximum Gasteiger partial charge on any atom is 0.133 e. The summed E-state index contributed by atoms with van der Waals surface area (Å²) in [4.78, 5) is 0. The summed E-state index contributed by atoms with van der Waals surface area (Å²) >= 11 is 0. The van der Waals surface area contributed by atoms with E-state index in [0.29, 0.717) is 6.04 Å². The van der Waals surface area contributed by atoms with E-state index in [-0.39, 0.29) is 0 Å². The van der Waals surface area contributed by atoms with Gasteiger partial charge in [0.15, 0.2) is 0 Å². The highest BCUT2D eigenvalue weighted by Gasteiger charge is 2.39. The van der Waals surface area contributed by atoms with Crippen molar-refractivity contribution in [3.05, 3.63) is 34.9 Å². The maximum absolute atomic E-state index is 9.49. The number of aryl methyl sites for hydroxylation is 2. The smallest absolute Gasteiger partial charge is 0.133 e. The number of nitrogens with one attached hydrogen (secondary N) is 1. The molecule has 0 spiro atoms. The molecule has 0 amide bonds. The Balaban J connectivity index is 2.47. The topological polar surface area (TPSA) is 35.8 Å². The number of hydrogen-bond donors (Lipinski definition) is 1. The van der Waals surface area contributed by atoms with E-state index in [4.69, 9.17) is 0 Å². The minimum absolute atomic E-state index is 0.325. The van der Waals surface area contributed by atoms with Crippen molar-refractivity contribution in [2.45, 2.75) is 45.2 Å². The molecule has 0 saturated carbocycles. The highest BCUT2D eigenvalue weighted by Crippen LogP contribution is 2.37. The SMILES string of the molecule is Cc1ccc2c(c1)C(C#N)(NC(C)C)CC2. The Bertz CT molecular complexity index is 443. The average Bonchev–Trinajstić information content (AvgIpc) is 2.57. The third kappa shape index (κ3) is 1.72. The van der Waals surface area contributed by atoms with Gasteiger partial charge < -0.3 is 0 Å². The summed E-state index contributed by atoms with van der Waals surface area (Å²) in [6.45, 7) is 6.26. The standard InChI is InChI=1S/C14H18N2/c1-10(2)16-14(9-15)7-6-12-5-4-11(3)8-13(12)14/h4-5,8,10,16H,6-7H2,1-3H3. The van der Waals surface area contributed by atoms with Gasteiger partial charge >= 0.3 is 0 Å². The summed E-state index contributed by atoms with van der Waals surface area (Å²) in [6.07, 6.45) is 1.89. The Hall–Kier alpha value is -1.33. The van der Waals surface area contributed by atoms with Crippen LogP contribution in [0.25, 0.3) is 0 Å². The summed E-state index contributed by atoms with van der Waals surface area (Å²) in [5, 5.41) is 12.9. The first kappa shape index (κ1) is 11.2. The summed E-state index contributed by atoms with van der Waals surface area (Å²) < 4.78 is 0. The predicted octanol–water partition coefficient (Wildman–Crippen LogP) is 2.66. The van der Waals surface area contributed by atoms with Crippen LogP contribution in [0.3, 0.4) is 0 Å². The molecule has 0 radical (unpaired) electrons. The van der Waals surface area contributed by atoms with Crippen LogP contribution in [0.4, 0.5) is 0 Å². The van der Waals surface area contributed by atoms with Gasteiger partial charge in [0, 0.05) is 6.04 Å². The maximum atomic E-state index is 9.49. The van der Waals surface area contributed by atoms with Crippen molar-refractivity contribution in [1.29, 1.82) is 5.26 Å². The molecule has 0 heterocycles. The Morgan fingerprint density at radius 2 is 2.19 bits per heavy atom. The molecular formula is C14H18N2. The van der Waals surface area contributed by atoms with Crippen molar-refractivity contribution in [1.82, 2.24) is 5.32 Å². The molecule has 1 atom stereocenters. The van der Waals surface area contributed by atoms with Crippen LogP contribution in [0.15, 0.2) is 18.2 Å². The molecule has 0 aliphatic heterocycles. The Morgan fingerprint density at radius 3 is 2.81 bits per heavy atom. The van der Waals surface area contributed by atoms with Crippen LogP contribution < -0.4 is 5.32 Å². The van der Waals surface area contributed by atoms with E-state index >= 15 is 0 Å². The quantitative estimate of drug-likeness (QED) is 0.821. The van der Waals surface area contributed by atoms with Crippen LogP contribution in [0.5, 0.6) is 0 Å². The van der Waals surface area contributed by atoms with Crippen LogP contribution in [0.1, 0.15) is 37.0 Å². The molecule has 1 unspecified atom stereocenters. The second-order valence-electron chi connectivity index (χ2n) is 4.98. The Labute approximate surface area is 97.3 Å². The second-order valence-corrected chi connectivity index (χ2v) is 4.98. The fourth-order valence-electron chi connectivity index (χ4n) is 2.55. The minimum Gasteiger partial charge on any atom is -0.293 e. The second kappa shape index (κ2) is 3.92. The van der Waals surface area contributed by atoms with Crippen molar-refractivity contribution in [2.75, 3.05) is 0 Å². The predicted molar refractivity (Wildman–Crippen MR) is 65.1 cm³/mol. The van der Waals surface area contributed by atoms with Gasteiger partial charge in [-0.15, -0.1) is 0 Å². The molecule has 1 N–H and O–H groups in total. The highest BCUT2D eigenvalue weighted by molar-refractivity contribution is 5.45. The molecule has 2 heteroatoms. The number of nitrogens with zero attached hydrogens (tertiary/aromatic N) is 1. The molecule has 1 aliphatic rings. The van der Waals surface area contributed by atoms with Gasteiger partial charge in [-0.1, -0.05) is 23.8 Å². The largest absolute Gasteiger partial charge is 0.293 e. The Morgan fingerprint density at radius 1 is 1.44 bits per heavy atom. The molecule has 1 aromatic rings. The number of fused-ring (bicyclic) bond motifs is 1. The van der Waals surface area contributed by atoms with Crippen molar-refractivity contribution >= 4 is 0 Å². The third-order valence-electron chi connectivity index (χ3n) is 3.22. The van der Waals surface area contributed by atoms with E-state index < -0.39 is 5.54 Å². The molecule has 1 aromatic carbocycles. The van der Waals surface area contributed by atoms with Crippen molar-refractivity contribution < 1.29 is 0 Å². The summed E-state index contributed by atoms with van der Waals surface area (Å²) in [5.41, 5.74) is 3.27. The zero-order valence-electron chi connectivity index (χ0n) is 10.2. The van der Waals surface area contributed by atoms with Gasteiger partial charge in [-0.3, -0.25) is 5.32 Å². The summed E-state index contributed by atoms with van der Waals surface area (Å²) in [6, 6.07) is 9.25. The zero-order chi connectivity index (χ0) is 11.8. The van der Waals surface area contributed by atoms with Crippen LogP contribution >= 0.6 is 0 Å². The first-order valence-corrected chi connectivity index (χ1v) is 5.86. The number of hydrogen-bond acceptors (Lipinski definition) is 2. The van der Waals surface area contributed by atoms with Crippen molar-refractivity contribution in [2.24, 2.45) is 0 Å². The fraction of sp³-hybridized carbons (Fsp3) is 0.500. The van der Waals surface area contributed by atoms with Gasteiger partial charge in [0.05, 0.1) is 6.07 Å². The zero-order valence-corrected chi connectivity index (χ0v) is 10.2. The molecule has 0 fully saturated rings. The third-order valence-corrected chi connectivity index (χ3v) is 3.22. The van der Waals surface area contributed by atoms with Gasteiger partial charge in [-0.25, -0.2) is 0 Å². The molecule has 0 bridgehead atoms. The van der Waals surface area contributed by atoms with E-state index in [0.717, 1.165) is 12.8 Å². The molecular weight excluding hydrogens is 196 g/mol. The lowest BCUT2D eigenvalue weighted by Gasteiger charge is -2.26. The van der Waals surface area contributed by atoms with Gasteiger partial charge in [0.25, 0.3) is 0 Å². The van der Waals surface area contributed by atoms with Gasteiger partial charge in [0.2, 0.25) is 0 Å². The number of benzene rings is 1. The van der Waals surface area contributed by atoms with Crippen LogP contribution in [-0.2, 0) is 12.0 Å². The van der Waals surface area contributed by atoms with Gasteiger partial charge in [-0.2, -0.15) is 5.26 Å². The monoisotopic (exact) mass is 214 g/mol. The molecule has 2 nitrogen and oxygen atoms in total. The lowest BCUT2D eigenvalue weighted by atomic mass is 9.91. The van der Waals surface area contributed by atoms with Crippen molar-refractivity contribution in [3.63, 3.8) is 0 Å². The van der Waals surface area contributed by atoms with Crippen LogP contribution in [0, 0.1) is 18.3 Å². The molecule has 16 heavy (non-hydrogen) atoms. The summed E-state index contributed by atoms with van der Waals surface area (Å²) in [5.74, 6) is 0. The minimum atomic E-state index is -0.463. The van der Waals surface area contributed by atoms with Crippen LogP contribution in [-0.4, -0.2) is 6.04 Å². The van der Waals surface area contributed by atoms with Crippen LogP contribution in [0.2, 0.25) is 0 Å². The van der Waals surface area contributed by atoms with Crippen molar-refractivity contribution in [3.8, 4) is 6.07 Å². The molecule has 84 valence electrons. The van der Waals surface area contributed by atoms with E-state index in [9.17, 15) is 5.26 Å².